The molecule has 1 atom stereocenters. The zero-order valence-electron chi connectivity index (χ0n) is 11.6. The molecular formula is C13H20BrN3O2S. The van der Waals surface area contributed by atoms with E-state index in [4.69, 9.17) is 5.73 Å². The van der Waals surface area contributed by atoms with Crippen LogP contribution in [0.25, 0.3) is 0 Å². The van der Waals surface area contributed by atoms with Gasteiger partial charge >= 0.3 is 0 Å². The molecule has 0 bridgehead atoms. The first-order chi connectivity index (χ1) is 9.31. The summed E-state index contributed by atoms with van der Waals surface area (Å²) in [5.74, 6) is 0. The van der Waals surface area contributed by atoms with E-state index in [1.165, 1.54) is 18.9 Å². The van der Waals surface area contributed by atoms with Crippen molar-refractivity contribution in [1.29, 1.82) is 0 Å². The van der Waals surface area contributed by atoms with E-state index in [2.05, 4.69) is 25.6 Å². The third-order valence-corrected chi connectivity index (χ3v) is 5.62. The van der Waals surface area contributed by atoms with Gasteiger partial charge in [0.05, 0.1) is 5.69 Å². The predicted octanol–water partition coefficient (Wildman–Crippen LogP) is 1.79. The molecule has 0 saturated heterocycles. The fraction of sp³-hybridized carbons (Fsp3) is 0.538. The summed E-state index contributed by atoms with van der Waals surface area (Å²) in [6, 6.07) is 5.58. The third kappa shape index (κ3) is 3.72. The van der Waals surface area contributed by atoms with Crippen molar-refractivity contribution in [1.82, 2.24) is 9.62 Å². The maximum Gasteiger partial charge on any atom is 0.242 e. The van der Waals surface area contributed by atoms with Crippen LogP contribution in [0.4, 0.5) is 5.69 Å². The normalized spacial score (nSPS) is 17.4. The Morgan fingerprint density at radius 2 is 2.15 bits per heavy atom. The van der Waals surface area contributed by atoms with Crippen LogP contribution < -0.4 is 10.5 Å². The molecule has 20 heavy (non-hydrogen) atoms. The molecule has 0 spiro atoms. The number of nitrogens with one attached hydrogen (secondary N) is 1. The van der Waals surface area contributed by atoms with Crippen molar-refractivity contribution < 1.29 is 8.42 Å². The molecule has 1 fully saturated rings. The maximum absolute atomic E-state index is 12.3. The van der Waals surface area contributed by atoms with Crippen LogP contribution in [0.15, 0.2) is 27.6 Å². The number of nitrogens with zero attached hydrogens (tertiary/aromatic N) is 1. The lowest BCUT2D eigenvalue weighted by Gasteiger charge is -2.24. The van der Waals surface area contributed by atoms with E-state index in [9.17, 15) is 8.42 Å². The molecule has 0 aliphatic heterocycles. The van der Waals surface area contributed by atoms with Crippen molar-refractivity contribution in [3.63, 3.8) is 0 Å². The number of hydrogen-bond donors (Lipinski definition) is 2. The van der Waals surface area contributed by atoms with Crippen LogP contribution in [0.5, 0.6) is 0 Å². The minimum atomic E-state index is -3.58. The molecule has 1 saturated carbocycles. The quantitative estimate of drug-likeness (QED) is 0.757. The number of anilines is 1. The van der Waals surface area contributed by atoms with E-state index in [-0.39, 0.29) is 16.6 Å². The number of halogens is 1. The molecule has 1 aliphatic rings. The first kappa shape index (κ1) is 15.8. The first-order valence-corrected chi connectivity index (χ1v) is 8.85. The van der Waals surface area contributed by atoms with E-state index in [1.807, 2.05) is 14.0 Å². The van der Waals surface area contributed by atoms with Crippen molar-refractivity contribution in [2.75, 3.05) is 19.3 Å². The van der Waals surface area contributed by atoms with E-state index in [1.54, 1.807) is 12.1 Å². The Hall–Kier alpha value is -0.630. The number of sulfonamides is 1. The summed E-state index contributed by atoms with van der Waals surface area (Å²) in [5, 5.41) is 0. The Bertz CT molecular complexity index is 587. The van der Waals surface area contributed by atoms with Crippen LogP contribution in [0, 0.1) is 0 Å². The number of rotatable bonds is 6. The van der Waals surface area contributed by atoms with Crippen molar-refractivity contribution >= 4 is 31.6 Å². The Morgan fingerprint density at radius 3 is 2.75 bits per heavy atom. The summed E-state index contributed by atoms with van der Waals surface area (Å²) in [5.41, 5.74) is 6.00. The minimum absolute atomic E-state index is 0.119. The van der Waals surface area contributed by atoms with Gasteiger partial charge in [-0.1, -0.05) is 15.9 Å². The smallest absolute Gasteiger partial charge is 0.242 e. The highest BCUT2D eigenvalue weighted by molar-refractivity contribution is 9.10. The monoisotopic (exact) mass is 361 g/mol. The summed E-state index contributed by atoms with van der Waals surface area (Å²) in [4.78, 5) is 2.33. The van der Waals surface area contributed by atoms with Gasteiger partial charge in [0.25, 0.3) is 0 Å². The van der Waals surface area contributed by atoms with Crippen LogP contribution in [0.3, 0.4) is 0 Å². The van der Waals surface area contributed by atoms with Gasteiger partial charge in [-0.3, -0.25) is 4.90 Å². The van der Waals surface area contributed by atoms with Crippen molar-refractivity contribution in [3.05, 3.63) is 22.7 Å². The lowest BCUT2D eigenvalue weighted by Crippen LogP contribution is -2.41. The molecule has 112 valence electrons. The second kappa shape index (κ2) is 6.01. The van der Waals surface area contributed by atoms with Gasteiger partial charge in [-0.05, 0) is 45.0 Å². The number of benzene rings is 1. The topological polar surface area (TPSA) is 75.4 Å². The molecule has 3 N–H and O–H groups in total. The second-order valence-electron chi connectivity index (χ2n) is 5.28. The molecule has 1 aliphatic carbocycles. The molecule has 0 amide bonds. The van der Waals surface area contributed by atoms with Crippen LogP contribution in [-0.4, -0.2) is 39.0 Å². The maximum atomic E-state index is 12.3. The number of likely N-dealkylation sites (N-methyl/N-ethyl adjacent to an activating group) is 1. The van der Waals surface area contributed by atoms with Gasteiger partial charge < -0.3 is 5.73 Å². The SMILES string of the molecule is CC(CNS(=O)(=O)c1cc(Br)ccc1N)N(C)C1CC1. The van der Waals surface area contributed by atoms with Crippen molar-refractivity contribution in [3.8, 4) is 0 Å². The van der Waals surface area contributed by atoms with Gasteiger partial charge in [0, 0.05) is 23.1 Å². The van der Waals surface area contributed by atoms with Gasteiger partial charge in [0.15, 0.2) is 0 Å². The Kier molecular flexibility index (Phi) is 4.73. The Balaban J connectivity index is 2.05. The van der Waals surface area contributed by atoms with Crippen LogP contribution >= 0.6 is 15.9 Å². The summed E-state index contributed by atoms with van der Waals surface area (Å²) in [7, 11) is -1.55. The molecule has 1 aromatic rings. The Morgan fingerprint density at radius 1 is 1.50 bits per heavy atom. The zero-order valence-corrected chi connectivity index (χ0v) is 14.0. The summed E-state index contributed by atoms with van der Waals surface area (Å²) >= 11 is 3.26. The third-order valence-electron chi connectivity index (χ3n) is 3.65. The molecule has 1 aromatic carbocycles. The van der Waals surface area contributed by atoms with Crippen LogP contribution in [-0.2, 0) is 10.0 Å². The largest absolute Gasteiger partial charge is 0.398 e. The molecular weight excluding hydrogens is 342 g/mol. The molecule has 0 aromatic heterocycles. The average Bonchev–Trinajstić information content (AvgIpc) is 3.22. The fourth-order valence-corrected chi connectivity index (χ4v) is 3.82. The van der Waals surface area contributed by atoms with E-state index >= 15 is 0 Å². The molecule has 0 heterocycles. The summed E-state index contributed by atoms with van der Waals surface area (Å²) in [6.45, 7) is 2.40. The van der Waals surface area contributed by atoms with E-state index < -0.39 is 10.0 Å². The van der Waals surface area contributed by atoms with E-state index in [0.29, 0.717) is 17.1 Å². The lowest BCUT2D eigenvalue weighted by molar-refractivity contribution is 0.248. The van der Waals surface area contributed by atoms with Crippen LogP contribution in [0.2, 0.25) is 0 Å². The average molecular weight is 362 g/mol. The molecule has 5 nitrogen and oxygen atoms in total. The number of nitrogen functional groups attached to an aromatic ring is 1. The van der Waals surface area contributed by atoms with Gasteiger partial charge in [-0.25, -0.2) is 13.1 Å². The predicted molar refractivity (Wildman–Crippen MR) is 84.0 cm³/mol. The number of nitrogens with two attached hydrogens (primary N) is 1. The molecule has 7 heteroatoms. The van der Waals surface area contributed by atoms with Gasteiger partial charge in [0.1, 0.15) is 4.90 Å². The zero-order chi connectivity index (χ0) is 14.9. The van der Waals surface area contributed by atoms with Crippen molar-refractivity contribution in [2.24, 2.45) is 0 Å². The Labute approximate surface area is 128 Å². The number of hydrogen-bond acceptors (Lipinski definition) is 4. The second-order valence-corrected chi connectivity index (χ2v) is 7.93. The van der Waals surface area contributed by atoms with Gasteiger partial charge in [-0.2, -0.15) is 0 Å². The summed E-state index contributed by atoms with van der Waals surface area (Å²) in [6.07, 6.45) is 2.40. The van der Waals surface area contributed by atoms with E-state index in [0.717, 1.165) is 0 Å². The molecule has 2 rings (SSSR count). The lowest BCUT2D eigenvalue weighted by atomic mass is 10.3. The standard InChI is InChI=1S/C13H20BrN3O2S/c1-9(17(2)11-4-5-11)8-16-20(18,19)13-7-10(14)3-6-12(13)15/h3,6-7,9,11,16H,4-5,8,15H2,1-2H3. The molecule has 0 radical (unpaired) electrons. The van der Waals surface area contributed by atoms with Crippen molar-refractivity contribution in [2.45, 2.75) is 36.7 Å². The summed E-state index contributed by atoms with van der Waals surface area (Å²) < 4.78 is 27.9. The van der Waals surface area contributed by atoms with Gasteiger partial charge in [-0.15, -0.1) is 0 Å². The first-order valence-electron chi connectivity index (χ1n) is 6.58. The minimum Gasteiger partial charge on any atom is -0.398 e. The highest BCUT2D eigenvalue weighted by Crippen LogP contribution is 2.27. The molecule has 1 unspecified atom stereocenters. The highest BCUT2D eigenvalue weighted by atomic mass is 79.9. The van der Waals surface area contributed by atoms with Crippen LogP contribution in [0.1, 0.15) is 19.8 Å². The fourth-order valence-electron chi connectivity index (χ4n) is 2.03. The highest BCUT2D eigenvalue weighted by Gasteiger charge is 2.29. The van der Waals surface area contributed by atoms with Gasteiger partial charge in [0.2, 0.25) is 10.0 Å².